The SMILES string of the molecule is Cn1c(Nc2nc3ccc(Cl)cc3s2)nc2cc(C(=O)NC3CCN(CCN(C(=O)OC(C)(C)C)C4CCN(CCNS(C)(=O)=O)C4C(N)=O)C3)ccc21. The third-order valence-electron chi connectivity index (χ3n) is 9.53. The number of nitrogens with zero attached hydrogens (tertiary/aromatic N) is 6. The molecule has 4 heterocycles. The van der Waals surface area contributed by atoms with Crippen LogP contribution in [0.4, 0.5) is 15.9 Å². The number of amides is 3. The summed E-state index contributed by atoms with van der Waals surface area (Å²) in [5.41, 5.74) is 7.95. The lowest BCUT2D eigenvalue weighted by Gasteiger charge is -2.36. The number of carbonyl (C=O) groups is 3. The van der Waals surface area contributed by atoms with Gasteiger partial charge in [-0.15, -0.1) is 0 Å². The van der Waals surface area contributed by atoms with E-state index in [2.05, 4.69) is 25.2 Å². The molecule has 4 aromatic rings. The van der Waals surface area contributed by atoms with Gasteiger partial charge in [0, 0.05) is 69.5 Å². The number of likely N-dealkylation sites (tertiary alicyclic amines) is 2. The number of nitrogens with two attached hydrogens (primary N) is 1. The van der Waals surface area contributed by atoms with Gasteiger partial charge in [0.15, 0.2) is 5.13 Å². The molecule has 54 heavy (non-hydrogen) atoms. The van der Waals surface area contributed by atoms with E-state index in [9.17, 15) is 22.8 Å². The molecule has 0 saturated carbocycles. The monoisotopic (exact) mass is 802 g/mol. The molecule has 5 N–H and O–H groups in total. The third-order valence-corrected chi connectivity index (χ3v) is 11.4. The Kier molecular flexibility index (Phi) is 11.7. The zero-order valence-electron chi connectivity index (χ0n) is 31.0. The number of primary amides is 1. The number of sulfonamides is 1. The molecule has 292 valence electrons. The summed E-state index contributed by atoms with van der Waals surface area (Å²) in [5.74, 6) is -0.205. The van der Waals surface area contributed by atoms with Gasteiger partial charge in [-0.3, -0.25) is 19.4 Å². The largest absolute Gasteiger partial charge is 0.444 e. The minimum absolute atomic E-state index is 0.109. The first-order valence-electron chi connectivity index (χ1n) is 17.7. The zero-order chi connectivity index (χ0) is 38.9. The Morgan fingerprint density at radius 3 is 2.57 bits per heavy atom. The van der Waals surface area contributed by atoms with E-state index in [1.54, 1.807) is 43.9 Å². The second-order valence-corrected chi connectivity index (χ2v) is 18.1. The Morgan fingerprint density at radius 2 is 1.85 bits per heavy atom. The molecule has 0 bridgehead atoms. The van der Waals surface area contributed by atoms with Gasteiger partial charge >= 0.3 is 6.09 Å². The number of halogens is 1. The van der Waals surface area contributed by atoms with E-state index in [4.69, 9.17) is 27.1 Å². The molecule has 19 heteroatoms. The van der Waals surface area contributed by atoms with Crippen molar-refractivity contribution in [2.45, 2.75) is 57.3 Å². The summed E-state index contributed by atoms with van der Waals surface area (Å²) < 4.78 is 34.3. The molecule has 2 saturated heterocycles. The van der Waals surface area contributed by atoms with Crippen LogP contribution in [0.2, 0.25) is 5.02 Å². The highest BCUT2D eigenvalue weighted by molar-refractivity contribution is 7.88. The Bertz CT molecular complexity index is 2150. The maximum Gasteiger partial charge on any atom is 0.410 e. The minimum atomic E-state index is -3.41. The summed E-state index contributed by atoms with van der Waals surface area (Å²) in [5, 5.41) is 7.77. The van der Waals surface area contributed by atoms with Crippen LogP contribution < -0.4 is 21.1 Å². The molecule has 3 atom stereocenters. The van der Waals surface area contributed by atoms with Gasteiger partial charge in [-0.1, -0.05) is 22.9 Å². The number of thiazole rings is 1. The fourth-order valence-corrected chi connectivity index (χ4v) is 8.64. The van der Waals surface area contributed by atoms with Crippen LogP contribution in [0.5, 0.6) is 0 Å². The molecule has 0 aliphatic carbocycles. The first kappa shape index (κ1) is 39.6. The molecular formula is C35H47ClN10O6S2. The lowest BCUT2D eigenvalue weighted by Crippen LogP contribution is -2.56. The highest BCUT2D eigenvalue weighted by Crippen LogP contribution is 2.31. The molecule has 16 nitrogen and oxygen atoms in total. The summed E-state index contributed by atoms with van der Waals surface area (Å²) in [6, 6.07) is 9.52. The highest BCUT2D eigenvalue weighted by atomic mass is 35.5. The van der Waals surface area contributed by atoms with E-state index in [-0.39, 0.29) is 31.6 Å². The number of rotatable bonds is 13. The number of benzene rings is 2. The third kappa shape index (κ3) is 9.59. The van der Waals surface area contributed by atoms with Crippen molar-refractivity contribution in [3.63, 3.8) is 0 Å². The van der Waals surface area contributed by atoms with Crippen molar-refractivity contribution in [1.82, 2.24) is 39.3 Å². The van der Waals surface area contributed by atoms with E-state index in [0.717, 1.165) is 28.4 Å². The van der Waals surface area contributed by atoms with Crippen LogP contribution >= 0.6 is 22.9 Å². The van der Waals surface area contributed by atoms with Crippen molar-refractivity contribution in [3.8, 4) is 0 Å². The number of aryl methyl sites for hydroxylation is 1. The first-order valence-corrected chi connectivity index (χ1v) is 20.8. The second-order valence-electron chi connectivity index (χ2n) is 14.8. The molecular weight excluding hydrogens is 756 g/mol. The number of nitrogens with one attached hydrogen (secondary N) is 3. The number of hydrogen-bond donors (Lipinski definition) is 4. The van der Waals surface area contributed by atoms with Crippen molar-refractivity contribution in [2.75, 3.05) is 57.4 Å². The predicted molar refractivity (Wildman–Crippen MR) is 210 cm³/mol. The van der Waals surface area contributed by atoms with Gasteiger partial charge in [-0.25, -0.2) is 27.9 Å². The van der Waals surface area contributed by atoms with E-state index >= 15 is 0 Å². The molecule has 0 spiro atoms. The molecule has 2 aliphatic heterocycles. The molecule has 6 rings (SSSR count). The topological polar surface area (TPSA) is 197 Å². The van der Waals surface area contributed by atoms with E-state index in [0.29, 0.717) is 59.8 Å². The van der Waals surface area contributed by atoms with Crippen LogP contribution in [0.15, 0.2) is 36.4 Å². The van der Waals surface area contributed by atoms with Crippen LogP contribution in [-0.4, -0.2) is 131 Å². The van der Waals surface area contributed by atoms with Gasteiger partial charge in [0.25, 0.3) is 5.91 Å². The summed E-state index contributed by atoms with van der Waals surface area (Å²) in [7, 11) is -1.51. The number of imidazole rings is 1. The predicted octanol–water partition coefficient (Wildman–Crippen LogP) is 3.10. The number of ether oxygens (including phenoxy) is 1. The van der Waals surface area contributed by atoms with Gasteiger partial charge in [-0.05, 0) is 70.0 Å². The molecule has 2 aliphatic rings. The fraction of sp³-hybridized carbons (Fsp3) is 0.514. The van der Waals surface area contributed by atoms with Crippen LogP contribution in [0.3, 0.4) is 0 Å². The number of carbonyl (C=O) groups excluding carboxylic acids is 3. The van der Waals surface area contributed by atoms with Gasteiger partial charge in [-0.2, -0.15) is 0 Å². The first-order chi connectivity index (χ1) is 25.4. The number of aromatic nitrogens is 3. The van der Waals surface area contributed by atoms with Crippen molar-refractivity contribution < 1.29 is 27.5 Å². The van der Waals surface area contributed by atoms with E-state index in [1.165, 1.54) is 11.3 Å². The Labute approximate surface area is 323 Å². The summed E-state index contributed by atoms with van der Waals surface area (Å²) in [4.78, 5) is 54.6. The average Bonchev–Trinajstić information content (AvgIpc) is 3.86. The van der Waals surface area contributed by atoms with E-state index < -0.39 is 39.7 Å². The van der Waals surface area contributed by atoms with Gasteiger partial charge in [0.05, 0.1) is 33.5 Å². The smallest absolute Gasteiger partial charge is 0.410 e. The number of hydrogen-bond acceptors (Lipinski definition) is 12. The molecule has 2 aromatic heterocycles. The van der Waals surface area contributed by atoms with Crippen molar-refractivity contribution in [3.05, 3.63) is 47.0 Å². The minimum Gasteiger partial charge on any atom is -0.444 e. The van der Waals surface area contributed by atoms with Gasteiger partial charge < -0.3 is 30.6 Å². The molecule has 0 radical (unpaired) electrons. The maximum atomic E-state index is 13.5. The van der Waals surface area contributed by atoms with Crippen molar-refractivity contribution >= 4 is 83.2 Å². The summed E-state index contributed by atoms with van der Waals surface area (Å²) >= 11 is 7.62. The molecule has 2 aromatic carbocycles. The molecule has 3 unspecified atom stereocenters. The van der Waals surface area contributed by atoms with Gasteiger partial charge in [0.2, 0.25) is 21.9 Å². The standard InChI is InChI=1S/C35H47ClN10O6S2/c1-35(2,3)52-34(49)46(27-11-14-45(29(27)30(37)47)15-12-38-54(5,50)51)17-16-44-13-10-23(20-44)39-31(48)21-6-9-26-25(18-21)40-32(43(26)4)42-33-41-24-8-7-22(36)19-28(24)53-33/h6-9,18-19,23,27,29,38H,10-17,20H2,1-5H3,(H2,37,47)(H,39,48)(H,40,41,42). The van der Waals surface area contributed by atoms with E-state index in [1.807, 2.05) is 34.7 Å². The summed E-state index contributed by atoms with van der Waals surface area (Å²) in [6.45, 7) is 8.21. The normalized spacial score (nSPS) is 19.8. The maximum absolute atomic E-state index is 13.5. The Hall–Kier alpha value is -4.07. The molecule has 3 amide bonds. The lowest BCUT2D eigenvalue weighted by molar-refractivity contribution is -0.123. The Morgan fingerprint density at radius 1 is 1.07 bits per heavy atom. The number of fused-ring (bicyclic) bond motifs is 2. The fourth-order valence-electron chi connectivity index (χ4n) is 7.04. The van der Waals surface area contributed by atoms with Gasteiger partial charge in [0.1, 0.15) is 11.6 Å². The second kappa shape index (κ2) is 16.0. The quantitative estimate of drug-likeness (QED) is 0.155. The average molecular weight is 803 g/mol. The summed E-state index contributed by atoms with van der Waals surface area (Å²) in [6.07, 6.45) is 1.72. The van der Waals surface area contributed by atoms with Crippen LogP contribution in [-0.2, 0) is 26.6 Å². The zero-order valence-corrected chi connectivity index (χ0v) is 33.4. The van der Waals surface area contributed by atoms with Crippen LogP contribution in [0.25, 0.3) is 21.3 Å². The van der Waals surface area contributed by atoms with Crippen LogP contribution in [0.1, 0.15) is 44.0 Å². The van der Waals surface area contributed by atoms with Crippen molar-refractivity contribution in [2.24, 2.45) is 12.8 Å². The Balaban J connectivity index is 1.07. The van der Waals surface area contributed by atoms with Crippen LogP contribution in [0, 0.1) is 0 Å². The van der Waals surface area contributed by atoms with Crippen molar-refractivity contribution in [1.29, 1.82) is 0 Å². The highest BCUT2D eigenvalue weighted by Gasteiger charge is 2.44. The number of anilines is 2. The molecule has 2 fully saturated rings. The lowest BCUT2D eigenvalue weighted by atomic mass is 10.1.